The summed E-state index contributed by atoms with van der Waals surface area (Å²) in [6.45, 7) is 2.28. The third-order valence-electron chi connectivity index (χ3n) is 3.24. The van der Waals surface area contributed by atoms with Crippen LogP contribution < -0.4 is 17.0 Å². The fourth-order valence-corrected chi connectivity index (χ4v) is 8.20. The van der Waals surface area contributed by atoms with Gasteiger partial charge in [0, 0.05) is 0 Å². The summed E-state index contributed by atoms with van der Waals surface area (Å²) in [7, 11) is 0. The van der Waals surface area contributed by atoms with Gasteiger partial charge in [0.05, 0.1) is 24.5 Å². The summed E-state index contributed by atoms with van der Waals surface area (Å²) in [5.41, 5.74) is 2.91. The lowest BCUT2D eigenvalue weighted by Gasteiger charge is -2.20. The summed E-state index contributed by atoms with van der Waals surface area (Å²) in [5.74, 6) is -1.10. The normalized spacial score (nSPS) is 10.9. The zero-order chi connectivity index (χ0) is 13.6. The van der Waals surface area contributed by atoms with E-state index in [9.17, 15) is 0 Å². The minimum absolute atomic E-state index is 0. The van der Waals surface area contributed by atoms with Crippen molar-refractivity contribution in [1.82, 2.24) is 0 Å². The van der Waals surface area contributed by atoms with Gasteiger partial charge >= 0.3 is 0 Å². The fraction of sp³-hybridized carbons (Fsp3) is 0.294. The van der Waals surface area contributed by atoms with E-state index in [0.29, 0.717) is 0 Å². The molecule has 0 nitrogen and oxygen atoms in total. The number of hydrogen-bond acceptors (Lipinski definition) is 0. The van der Waals surface area contributed by atoms with E-state index >= 15 is 0 Å². The third-order valence-corrected chi connectivity index (χ3v) is 8.92. The van der Waals surface area contributed by atoms with Gasteiger partial charge in [0.2, 0.25) is 0 Å². The van der Waals surface area contributed by atoms with Crippen LogP contribution in [-0.2, 0) is 12.3 Å². The van der Waals surface area contributed by atoms with Crippen molar-refractivity contribution in [1.29, 1.82) is 0 Å². The predicted octanol–water partition coefficient (Wildman–Crippen LogP) is 3.13. The molecule has 20 heavy (non-hydrogen) atoms. The maximum atomic E-state index is 4.13. The van der Waals surface area contributed by atoms with Gasteiger partial charge in [0.1, 0.15) is 15.5 Å². The Bertz CT molecular complexity index is 443. The van der Waals surface area contributed by atoms with Crippen LogP contribution in [0.4, 0.5) is 0 Å². The molecule has 0 amide bonds. The van der Waals surface area contributed by atoms with Crippen molar-refractivity contribution in [2.24, 2.45) is 0 Å². The molecule has 0 saturated heterocycles. The van der Waals surface area contributed by atoms with Gasteiger partial charge in [-0.1, -0.05) is 67.6 Å². The SMILES string of the molecule is CCC[P+](Br)(Cc1ccccc1)Cc1ccccc1.[Br-]. The van der Waals surface area contributed by atoms with E-state index in [1.54, 1.807) is 0 Å². The molecule has 2 rings (SSSR count). The molecule has 3 heteroatoms. The summed E-state index contributed by atoms with van der Waals surface area (Å²) < 4.78 is 0. The molecule has 0 radical (unpaired) electrons. The van der Waals surface area contributed by atoms with Crippen LogP contribution in [0.5, 0.6) is 0 Å². The highest BCUT2D eigenvalue weighted by Crippen LogP contribution is 2.71. The van der Waals surface area contributed by atoms with E-state index in [1.807, 2.05) is 0 Å². The largest absolute Gasteiger partial charge is 1.00 e. The first-order valence-electron chi connectivity index (χ1n) is 6.85. The predicted molar refractivity (Wildman–Crippen MR) is 91.3 cm³/mol. The van der Waals surface area contributed by atoms with Gasteiger partial charge in [0.25, 0.3) is 0 Å². The number of hydrogen-bond donors (Lipinski definition) is 0. The molecule has 2 aromatic rings. The molecule has 0 spiro atoms. The molecule has 0 atom stereocenters. The van der Waals surface area contributed by atoms with E-state index < -0.39 is 5.96 Å². The highest BCUT2D eigenvalue weighted by molar-refractivity contribution is 9.42. The van der Waals surface area contributed by atoms with Crippen molar-refractivity contribution in [2.75, 3.05) is 6.16 Å². The van der Waals surface area contributed by atoms with Crippen LogP contribution in [0.1, 0.15) is 24.5 Å². The highest BCUT2D eigenvalue weighted by Gasteiger charge is 2.34. The lowest BCUT2D eigenvalue weighted by molar-refractivity contribution is -0.00000390. The Hall–Kier alpha value is -0.170. The van der Waals surface area contributed by atoms with Gasteiger partial charge in [-0.15, -0.1) is 0 Å². The van der Waals surface area contributed by atoms with E-state index in [4.69, 9.17) is 0 Å². The van der Waals surface area contributed by atoms with Crippen LogP contribution in [0.25, 0.3) is 0 Å². The molecule has 0 aliphatic carbocycles. The molecule has 0 aliphatic heterocycles. The van der Waals surface area contributed by atoms with Crippen molar-refractivity contribution in [3.8, 4) is 0 Å². The van der Waals surface area contributed by atoms with Crippen molar-refractivity contribution >= 4 is 21.5 Å². The van der Waals surface area contributed by atoms with E-state index in [2.05, 4.69) is 83.1 Å². The average molecular weight is 416 g/mol. The highest BCUT2D eigenvalue weighted by atomic mass is 79.9. The Kier molecular flexibility index (Phi) is 8.02. The van der Waals surface area contributed by atoms with E-state index in [1.165, 1.54) is 36.0 Å². The Labute approximate surface area is 141 Å². The van der Waals surface area contributed by atoms with Crippen LogP contribution in [0, 0.1) is 0 Å². The zero-order valence-corrected chi connectivity index (χ0v) is 15.9. The van der Waals surface area contributed by atoms with Gasteiger partial charge in [-0.05, 0) is 17.5 Å². The monoisotopic (exact) mass is 414 g/mol. The molecule has 108 valence electrons. The molecule has 0 N–H and O–H groups in total. The van der Waals surface area contributed by atoms with Crippen LogP contribution in [-0.4, -0.2) is 6.16 Å². The molecule has 2 aromatic carbocycles. The van der Waals surface area contributed by atoms with Crippen molar-refractivity contribution in [3.05, 3.63) is 71.8 Å². The fourth-order valence-electron chi connectivity index (χ4n) is 2.44. The second-order valence-corrected chi connectivity index (χ2v) is 12.7. The molecule has 0 saturated carbocycles. The average Bonchev–Trinajstić information content (AvgIpc) is 2.41. The molecule has 0 bridgehead atoms. The minimum atomic E-state index is -1.10. The standard InChI is InChI=1S/C17H21BrP.BrH/c1-2-13-19(18,14-16-9-5-3-6-10-16)15-17-11-7-4-8-12-17;/h3-12H,2,13-15H2,1H3;1H/q+1;/p-1. The molecule has 0 fully saturated rings. The molecular formula is C17H21Br2P. The Balaban J connectivity index is 0.00000200. The summed E-state index contributed by atoms with van der Waals surface area (Å²) in [5, 5.41) is 0. The Morgan fingerprint density at radius 1 is 0.800 bits per heavy atom. The van der Waals surface area contributed by atoms with Gasteiger partial charge in [-0.3, -0.25) is 0 Å². The van der Waals surface area contributed by atoms with Crippen molar-refractivity contribution < 1.29 is 17.0 Å². The molecular weight excluding hydrogens is 395 g/mol. The van der Waals surface area contributed by atoms with Gasteiger partial charge < -0.3 is 17.0 Å². The summed E-state index contributed by atoms with van der Waals surface area (Å²) in [6.07, 6.45) is 4.93. The third kappa shape index (κ3) is 5.68. The number of halogens is 2. The smallest absolute Gasteiger partial charge is 0.139 e. The van der Waals surface area contributed by atoms with Gasteiger partial charge in [-0.25, -0.2) is 0 Å². The topological polar surface area (TPSA) is 0 Å². The van der Waals surface area contributed by atoms with Crippen LogP contribution >= 0.6 is 21.5 Å². The lowest BCUT2D eigenvalue weighted by atomic mass is 10.2. The first-order valence-corrected chi connectivity index (χ1v) is 11.2. The first kappa shape index (κ1) is 17.9. The van der Waals surface area contributed by atoms with Crippen LogP contribution in [0.15, 0.2) is 60.7 Å². The maximum absolute atomic E-state index is 4.13. The van der Waals surface area contributed by atoms with Crippen LogP contribution in [0.2, 0.25) is 0 Å². The van der Waals surface area contributed by atoms with E-state index in [0.717, 1.165) is 0 Å². The number of rotatable bonds is 6. The van der Waals surface area contributed by atoms with Crippen molar-refractivity contribution in [2.45, 2.75) is 25.7 Å². The van der Waals surface area contributed by atoms with Crippen LogP contribution in [0.3, 0.4) is 0 Å². The second-order valence-electron chi connectivity index (χ2n) is 5.04. The second kappa shape index (κ2) is 8.97. The van der Waals surface area contributed by atoms with Gasteiger partial charge in [0.15, 0.2) is 0 Å². The van der Waals surface area contributed by atoms with Gasteiger partial charge in [-0.2, -0.15) is 0 Å². The molecule has 0 aliphatic rings. The maximum Gasteiger partial charge on any atom is 0.139 e. The van der Waals surface area contributed by atoms with E-state index in [-0.39, 0.29) is 17.0 Å². The Morgan fingerprint density at radius 2 is 1.20 bits per heavy atom. The quantitative estimate of drug-likeness (QED) is 0.636. The molecule has 0 heterocycles. The first-order chi connectivity index (χ1) is 9.22. The molecule has 0 unspecified atom stereocenters. The lowest BCUT2D eigenvalue weighted by Crippen LogP contribution is -3.00. The summed E-state index contributed by atoms with van der Waals surface area (Å²) in [4.78, 5) is 0. The van der Waals surface area contributed by atoms with Crippen molar-refractivity contribution in [3.63, 3.8) is 0 Å². The zero-order valence-electron chi connectivity index (χ0n) is 11.8. The minimum Gasteiger partial charge on any atom is -1.00 e. The summed E-state index contributed by atoms with van der Waals surface area (Å²) >= 11 is 4.13. The summed E-state index contributed by atoms with van der Waals surface area (Å²) in [6, 6.07) is 21.7. The molecule has 0 aromatic heterocycles. The Morgan fingerprint density at radius 3 is 1.55 bits per heavy atom. The number of benzene rings is 2.